The molecule has 5 nitrogen and oxygen atoms in total. The van der Waals surface area contributed by atoms with Crippen molar-refractivity contribution in [1.82, 2.24) is 4.48 Å². The molecule has 0 saturated heterocycles. The van der Waals surface area contributed by atoms with Crippen molar-refractivity contribution in [2.24, 2.45) is 5.73 Å². The number of para-hydroxylation sites is 1. The van der Waals surface area contributed by atoms with Gasteiger partial charge in [0.25, 0.3) is 0 Å². The van der Waals surface area contributed by atoms with Gasteiger partial charge in [-0.25, -0.2) is 0 Å². The Morgan fingerprint density at radius 1 is 0.788 bits per heavy atom. The average Bonchev–Trinajstić information content (AvgIpc) is 2.82. The number of amides is 1. The predicted molar refractivity (Wildman–Crippen MR) is 130 cm³/mol. The Morgan fingerprint density at radius 2 is 1.36 bits per heavy atom. The highest BCUT2D eigenvalue weighted by Gasteiger charge is 2.38. The van der Waals surface area contributed by atoms with Crippen molar-refractivity contribution in [2.45, 2.75) is 0 Å². The molecule has 0 heterocycles. The lowest BCUT2D eigenvalue weighted by Crippen LogP contribution is -2.55. The van der Waals surface area contributed by atoms with Crippen molar-refractivity contribution in [3.8, 4) is 0 Å². The number of hydrogen-bond donors (Lipinski definition) is 1. The van der Waals surface area contributed by atoms with Crippen molar-refractivity contribution in [1.29, 1.82) is 0 Å². The summed E-state index contributed by atoms with van der Waals surface area (Å²) < 4.78 is -0.341. The molecule has 5 heteroatoms. The predicted octanol–water partition coefficient (Wildman–Crippen LogP) is 3.47. The molecule has 0 aliphatic carbocycles. The Balaban J connectivity index is 2.17. The summed E-state index contributed by atoms with van der Waals surface area (Å²) in [5, 5.41) is 13.9. The highest BCUT2D eigenvalue weighted by atomic mass is 16.4. The van der Waals surface area contributed by atoms with Crippen molar-refractivity contribution in [3.05, 3.63) is 120 Å². The minimum absolute atomic E-state index is 0.174. The van der Waals surface area contributed by atoms with Gasteiger partial charge in [0, 0.05) is 0 Å². The number of nitrogens with zero attached hydrogens (tertiary/aromatic N) is 1. The first-order valence-electron chi connectivity index (χ1n) is 10.6. The van der Waals surface area contributed by atoms with Crippen LogP contribution in [0, 0.1) is 0 Å². The SMILES string of the molecule is C[N+](CC(=O)[O-])(/C(C(N)=O)=C(\c1ccccc1)c1cccc2ccccc12)c1ccccc1. The summed E-state index contributed by atoms with van der Waals surface area (Å²) in [5.74, 6) is -1.99. The molecule has 0 saturated carbocycles. The Morgan fingerprint density at radius 3 is 2.00 bits per heavy atom. The minimum Gasteiger partial charge on any atom is -0.544 e. The number of primary amides is 1. The topological polar surface area (TPSA) is 83.2 Å². The van der Waals surface area contributed by atoms with E-state index in [4.69, 9.17) is 5.73 Å². The summed E-state index contributed by atoms with van der Waals surface area (Å²) in [6.07, 6.45) is 0. The number of quaternary nitrogens is 1. The molecular formula is C28H24N2O3. The first-order valence-corrected chi connectivity index (χ1v) is 10.6. The lowest BCUT2D eigenvalue weighted by molar-refractivity contribution is -0.305. The Bertz CT molecular complexity index is 1340. The largest absolute Gasteiger partial charge is 0.544 e. The van der Waals surface area contributed by atoms with E-state index >= 15 is 0 Å². The molecule has 164 valence electrons. The molecule has 0 aliphatic heterocycles. The average molecular weight is 437 g/mol. The quantitative estimate of drug-likeness (QED) is 0.356. The van der Waals surface area contributed by atoms with Crippen LogP contribution in [0.3, 0.4) is 0 Å². The second-order valence-electron chi connectivity index (χ2n) is 8.04. The molecule has 4 rings (SSSR count). The van der Waals surface area contributed by atoms with Gasteiger partial charge >= 0.3 is 5.91 Å². The summed E-state index contributed by atoms with van der Waals surface area (Å²) >= 11 is 0. The van der Waals surface area contributed by atoms with Crippen LogP contribution in [0.5, 0.6) is 0 Å². The maximum Gasteiger partial charge on any atom is 0.303 e. The summed E-state index contributed by atoms with van der Waals surface area (Å²) in [6.45, 7) is -0.455. The van der Waals surface area contributed by atoms with E-state index in [2.05, 4.69) is 0 Å². The molecule has 0 radical (unpaired) electrons. The number of benzene rings is 4. The molecule has 33 heavy (non-hydrogen) atoms. The number of fused-ring (bicyclic) bond motifs is 1. The molecule has 2 N–H and O–H groups in total. The number of carboxylic acids is 1. The molecule has 0 aromatic heterocycles. The van der Waals surface area contributed by atoms with Crippen molar-refractivity contribution in [2.75, 3.05) is 13.6 Å². The second kappa shape index (κ2) is 9.10. The first kappa shape index (κ1) is 22.0. The lowest BCUT2D eigenvalue weighted by Gasteiger charge is -2.36. The summed E-state index contributed by atoms with van der Waals surface area (Å²) in [4.78, 5) is 25.1. The van der Waals surface area contributed by atoms with Gasteiger partial charge in [-0.1, -0.05) is 91.0 Å². The van der Waals surface area contributed by atoms with E-state index in [9.17, 15) is 14.7 Å². The van der Waals surface area contributed by atoms with E-state index in [1.165, 1.54) is 0 Å². The third kappa shape index (κ3) is 4.27. The number of nitrogens with two attached hydrogens (primary N) is 1. The fourth-order valence-corrected chi connectivity index (χ4v) is 4.40. The fourth-order valence-electron chi connectivity index (χ4n) is 4.40. The van der Waals surface area contributed by atoms with Gasteiger partial charge in [-0.3, -0.25) is 9.28 Å². The second-order valence-corrected chi connectivity index (χ2v) is 8.04. The van der Waals surface area contributed by atoms with E-state index in [0.29, 0.717) is 11.3 Å². The molecule has 0 bridgehead atoms. The fraction of sp³-hybridized carbons (Fsp3) is 0.0714. The number of rotatable bonds is 7. The minimum atomic E-state index is -1.29. The van der Waals surface area contributed by atoms with Crippen molar-refractivity contribution >= 4 is 33.9 Å². The van der Waals surface area contributed by atoms with E-state index in [0.717, 1.165) is 21.9 Å². The molecule has 0 fully saturated rings. The highest BCUT2D eigenvalue weighted by Crippen LogP contribution is 2.38. The van der Waals surface area contributed by atoms with Crippen LogP contribution in [0.25, 0.3) is 16.3 Å². The van der Waals surface area contributed by atoms with Gasteiger partial charge in [0.1, 0.15) is 12.2 Å². The van der Waals surface area contributed by atoms with E-state index in [1.54, 1.807) is 31.3 Å². The molecule has 1 amide bonds. The van der Waals surface area contributed by atoms with Gasteiger partial charge in [0.05, 0.1) is 18.6 Å². The normalized spacial score (nSPS) is 13.7. The molecule has 4 aromatic rings. The Hall–Kier alpha value is -4.22. The Kier molecular flexibility index (Phi) is 6.07. The smallest absolute Gasteiger partial charge is 0.303 e. The number of carbonyl (C=O) groups is 2. The molecule has 4 aromatic carbocycles. The van der Waals surface area contributed by atoms with Crippen LogP contribution in [-0.2, 0) is 9.59 Å². The van der Waals surface area contributed by atoms with Crippen LogP contribution in [0.1, 0.15) is 11.1 Å². The monoisotopic (exact) mass is 436 g/mol. The van der Waals surface area contributed by atoms with Gasteiger partial charge in [0.15, 0.2) is 0 Å². The van der Waals surface area contributed by atoms with Crippen LogP contribution < -0.4 is 15.3 Å². The highest BCUT2D eigenvalue weighted by molar-refractivity contribution is 6.09. The molecule has 0 aliphatic rings. The first-order chi connectivity index (χ1) is 15.9. The zero-order valence-electron chi connectivity index (χ0n) is 18.3. The number of hydrogen-bond acceptors (Lipinski definition) is 3. The number of aliphatic carboxylic acids is 1. The van der Waals surface area contributed by atoms with Gasteiger partial charge in [0.2, 0.25) is 5.70 Å². The third-order valence-electron chi connectivity index (χ3n) is 5.86. The maximum absolute atomic E-state index is 13.2. The summed E-state index contributed by atoms with van der Waals surface area (Å²) in [6, 6.07) is 32.2. The molecule has 1 atom stereocenters. The Labute approximate surface area is 192 Å². The van der Waals surface area contributed by atoms with E-state index in [1.807, 2.05) is 78.9 Å². The molecule has 1 unspecified atom stereocenters. The summed E-state index contributed by atoms with van der Waals surface area (Å²) in [5.41, 5.74) is 8.97. The number of likely N-dealkylation sites (N-methyl/N-ethyl adjacent to an activating group) is 1. The van der Waals surface area contributed by atoms with Crippen LogP contribution in [-0.4, -0.2) is 25.5 Å². The lowest BCUT2D eigenvalue weighted by atomic mass is 9.90. The van der Waals surface area contributed by atoms with Crippen LogP contribution in [0.2, 0.25) is 0 Å². The van der Waals surface area contributed by atoms with Gasteiger partial charge in [-0.05, 0) is 34.0 Å². The van der Waals surface area contributed by atoms with Crippen LogP contribution in [0.15, 0.2) is 109 Å². The van der Waals surface area contributed by atoms with Crippen molar-refractivity contribution in [3.63, 3.8) is 0 Å². The molecular weight excluding hydrogens is 412 g/mol. The van der Waals surface area contributed by atoms with Gasteiger partial charge < -0.3 is 15.6 Å². The third-order valence-corrected chi connectivity index (χ3v) is 5.86. The van der Waals surface area contributed by atoms with Crippen LogP contribution in [0.4, 0.5) is 5.69 Å². The van der Waals surface area contributed by atoms with Gasteiger partial charge in [-0.15, -0.1) is 0 Å². The zero-order valence-corrected chi connectivity index (χ0v) is 18.3. The van der Waals surface area contributed by atoms with E-state index < -0.39 is 18.4 Å². The van der Waals surface area contributed by atoms with Gasteiger partial charge in [-0.2, -0.15) is 0 Å². The standard InChI is InChI=1S/C28H24N2O3/c1-30(19-25(31)32,22-15-6-3-7-16-22)27(28(29)33)26(21-12-4-2-5-13-21)24-18-10-14-20-11-8-9-17-23(20)24/h2-18H,19H2,1H3,(H2-,29,31,32,33)/b27-26+. The zero-order chi connectivity index (χ0) is 23.4. The molecule has 0 spiro atoms. The van der Waals surface area contributed by atoms with Crippen molar-refractivity contribution < 1.29 is 14.7 Å². The maximum atomic E-state index is 13.2. The van der Waals surface area contributed by atoms with E-state index in [-0.39, 0.29) is 10.2 Å². The summed E-state index contributed by atoms with van der Waals surface area (Å²) in [7, 11) is 1.68. The number of carboxylic acid groups (broad SMARTS) is 1. The van der Waals surface area contributed by atoms with Crippen LogP contribution >= 0.6 is 0 Å². The number of carbonyl (C=O) groups excluding carboxylic acids is 2.